The monoisotopic (exact) mass is 350 g/mol. The number of rotatable bonds is 4. The zero-order valence-electron chi connectivity index (χ0n) is 15.0. The molecule has 4 heteroatoms. The van der Waals surface area contributed by atoms with Crippen molar-refractivity contribution >= 4 is 17.9 Å². The van der Waals surface area contributed by atoms with Crippen molar-refractivity contribution < 1.29 is 19.4 Å². The fraction of sp³-hybridized carbons (Fsp3) is 0.227. The maximum Gasteiger partial charge on any atom is 0.185 e. The molecule has 1 saturated carbocycles. The molecule has 0 aliphatic heterocycles. The Bertz CT molecular complexity index is 877. The molecular formula is C22H22O4. The van der Waals surface area contributed by atoms with E-state index < -0.39 is 0 Å². The molecule has 0 atom stereocenters. The van der Waals surface area contributed by atoms with E-state index in [9.17, 15) is 9.90 Å². The molecule has 4 nitrogen and oxygen atoms in total. The van der Waals surface area contributed by atoms with Crippen LogP contribution in [0.15, 0.2) is 53.6 Å². The number of ketones is 1. The van der Waals surface area contributed by atoms with Crippen LogP contribution in [0.5, 0.6) is 17.2 Å². The molecule has 0 saturated heterocycles. The topological polar surface area (TPSA) is 55.8 Å². The first-order chi connectivity index (χ1) is 12.6. The molecule has 1 fully saturated rings. The Morgan fingerprint density at radius 1 is 0.885 bits per heavy atom. The summed E-state index contributed by atoms with van der Waals surface area (Å²) in [6.45, 7) is 0. The van der Waals surface area contributed by atoms with E-state index in [1.165, 1.54) is 0 Å². The van der Waals surface area contributed by atoms with Gasteiger partial charge in [0.1, 0.15) is 5.75 Å². The summed E-state index contributed by atoms with van der Waals surface area (Å²) in [6, 6.07) is 12.5. The predicted molar refractivity (Wildman–Crippen MR) is 102 cm³/mol. The number of methoxy groups -OCH3 is 2. The van der Waals surface area contributed by atoms with E-state index in [4.69, 9.17) is 9.47 Å². The fourth-order valence-electron chi connectivity index (χ4n) is 3.14. The van der Waals surface area contributed by atoms with Gasteiger partial charge in [-0.1, -0.05) is 18.2 Å². The number of Topliss-reactive ketones (excluding diaryl/α,β-unsaturated/α-hetero) is 1. The largest absolute Gasteiger partial charge is 0.508 e. The normalized spacial score (nSPS) is 17.5. The molecule has 0 radical (unpaired) electrons. The summed E-state index contributed by atoms with van der Waals surface area (Å²) in [4.78, 5) is 12.8. The number of allylic oxidation sites excluding steroid dienone is 2. The lowest BCUT2D eigenvalue weighted by atomic mass is 9.87. The summed E-state index contributed by atoms with van der Waals surface area (Å²) < 4.78 is 10.6. The van der Waals surface area contributed by atoms with Crippen LogP contribution in [0.1, 0.15) is 30.4 Å². The van der Waals surface area contributed by atoms with Crippen LogP contribution in [0.4, 0.5) is 0 Å². The highest BCUT2D eigenvalue weighted by Gasteiger charge is 2.20. The van der Waals surface area contributed by atoms with Crippen LogP contribution in [0, 0.1) is 0 Å². The van der Waals surface area contributed by atoms with Crippen LogP contribution >= 0.6 is 0 Å². The van der Waals surface area contributed by atoms with Gasteiger partial charge in [0, 0.05) is 11.1 Å². The molecule has 2 aromatic carbocycles. The third-order valence-electron chi connectivity index (χ3n) is 4.44. The molecule has 2 aromatic rings. The molecule has 3 rings (SSSR count). The number of carbonyl (C=O) groups excluding carboxylic acids is 1. The van der Waals surface area contributed by atoms with E-state index >= 15 is 0 Å². The van der Waals surface area contributed by atoms with Crippen molar-refractivity contribution in [3.05, 3.63) is 64.7 Å². The number of phenolic OH excluding ortho intramolecular Hbond substituents is 1. The predicted octanol–water partition coefficient (Wildman–Crippen LogP) is 4.63. The van der Waals surface area contributed by atoms with Crippen molar-refractivity contribution in [2.75, 3.05) is 14.2 Å². The molecule has 1 aliphatic rings. The van der Waals surface area contributed by atoms with Gasteiger partial charge >= 0.3 is 0 Å². The smallest absolute Gasteiger partial charge is 0.185 e. The van der Waals surface area contributed by atoms with Gasteiger partial charge in [0.05, 0.1) is 14.2 Å². The molecule has 26 heavy (non-hydrogen) atoms. The van der Waals surface area contributed by atoms with Crippen LogP contribution in [0.3, 0.4) is 0 Å². The Kier molecular flexibility index (Phi) is 5.42. The number of benzene rings is 2. The van der Waals surface area contributed by atoms with Gasteiger partial charge in [-0.15, -0.1) is 0 Å². The summed E-state index contributed by atoms with van der Waals surface area (Å²) in [7, 11) is 3.19. The maximum absolute atomic E-state index is 12.8. The second kappa shape index (κ2) is 7.91. The van der Waals surface area contributed by atoms with E-state index in [2.05, 4.69) is 0 Å². The van der Waals surface area contributed by atoms with Crippen molar-refractivity contribution in [2.24, 2.45) is 0 Å². The zero-order chi connectivity index (χ0) is 18.5. The lowest BCUT2D eigenvalue weighted by molar-refractivity contribution is -0.112. The molecule has 1 N–H and O–H groups in total. The van der Waals surface area contributed by atoms with Gasteiger partial charge < -0.3 is 14.6 Å². The maximum atomic E-state index is 12.8. The van der Waals surface area contributed by atoms with E-state index in [1.54, 1.807) is 32.4 Å². The van der Waals surface area contributed by atoms with Crippen molar-refractivity contribution in [1.29, 1.82) is 0 Å². The molecular weight excluding hydrogens is 328 g/mol. The molecule has 0 aromatic heterocycles. The highest BCUT2D eigenvalue weighted by atomic mass is 16.5. The Balaban J connectivity index is 1.89. The molecule has 1 aliphatic carbocycles. The lowest BCUT2D eigenvalue weighted by Crippen LogP contribution is -2.12. The van der Waals surface area contributed by atoms with E-state index in [1.807, 2.05) is 36.4 Å². The highest BCUT2D eigenvalue weighted by molar-refractivity contribution is 6.14. The van der Waals surface area contributed by atoms with Crippen LogP contribution in [-0.4, -0.2) is 25.1 Å². The first-order valence-corrected chi connectivity index (χ1v) is 8.57. The van der Waals surface area contributed by atoms with Crippen LogP contribution < -0.4 is 9.47 Å². The first kappa shape index (κ1) is 17.8. The van der Waals surface area contributed by atoms with Gasteiger partial charge in [0.15, 0.2) is 17.3 Å². The summed E-state index contributed by atoms with van der Waals surface area (Å²) in [6.07, 6.45) is 6.21. The summed E-state index contributed by atoms with van der Waals surface area (Å²) in [5, 5.41) is 9.60. The number of phenols is 1. The highest BCUT2D eigenvalue weighted by Crippen LogP contribution is 2.31. The fourth-order valence-corrected chi connectivity index (χ4v) is 3.14. The quantitative estimate of drug-likeness (QED) is 0.817. The SMILES string of the molecule is COc1ccc(/C=C2\CCC/C(=C\c3cccc(O)c3)C2=O)cc1OC. The third kappa shape index (κ3) is 3.97. The van der Waals surface area contributed by atoms with Crippen molar-refractivity contribution in [3.8, 4) is 17.2 Å². The van der Waals surface area contributed by atoms with E-state index in [-0.39, 0.29) is 11.5 Å². The number of hydrogen-bond acceptors (Lipinski definition) is 4. The number of aromatic hydroxyl groups is 1. The van der Waals surface area contributed by atoms with Gasteiger partial charge in [-0.3, -0.25) is 4.79 Å². The van der Waals surface area contributed by atoms with Crippen LogP contribution in [0.2, 0.25) is 0 Å². The lowest BCUT2D eigenvalue weighted by Gasteiger charge is -2.17. The van der Waals surface area contributed by atoms with E-state index in [0.717, 1.165) is 41.5 Å². The minimum Gasteiger partial charge on any atom is -0.508 e. The van der Waals surface area contributed by atoms with Crippen molar-refractivity contribution in [3.63, 3.8) is 0 Å². The standard InChI is InChI=1S/C22H22O4/c1-25-20-10-9-16(14-21(20)26-2)12-18-7-4-6-17(22(18)24)11-15-5-3-8-19(23)13-15/h3,5,8-14,23H,4,6-7H2,1-2H3/b17-11+,18-12+. The molecule has 0 heterocycles. The summed E-state index contributed by atoms with van der Waals surface area (Å²) >= 11 is 0. The van der Waals surface area contributed by atoms with Gasteiger partial charge in [-0.2, -0.15) is 0 Å². The van der Waals surface area contributed by atoms with Crippen LogP contribution in [0.25, 0.3) is 12.2 Å². The average molecular weight is 350 g/mol. The molecule has 0 amide bonds. The molecule has 134 valence electrons. The second-order valence-corrected chi connectivity index (χ2v) is 6.23. The third-order valence-corrected chi connectivity index (χ3v) is 4.44. The Labute approximate surface area is 153 Å². The molecule has 0 bridgehead atoms. The summed E-state index contributed by atoms with van der Waals surface area (Å²) in [5.74, 6) is 1.56. The van der Waals surface area contributed by atoms with Gasteiger partial charge in [0.2, 0.25) is 0 Å². The van der Waals surface area contributed by atoms with Gasteiger partial charge in [-0.05, 0) is 66.8 Å². The van der Waals surface area contributed by atoms with Crippen molar-refractivity contribution in [1.82, 2.24) is 0 Å². The molecule has 0 unspecified atom stereocenters. The second-order valence-electron chi connectivity index (χ2n) is 6.23. The minimum atomic E-state index is 0.0642. The van der Waals surface area contributed by atoms with Crippen molar-refractivity contribution in [2.45, 2.75) is 19.3 Å². The van der Waals surface area contributed by atoms with Gasteiger partial charge in [0.25, 0.3) is 0 Å². The number of ether oxygens (including phenoxy) is 2. The average Bonchev–Trinajstić information content (AvgIpc) is 2.65. The molecule has 0 spiro atoms. The van der Waals surface area contributed by atoms with E-state index in [0.29, 0.717) is 11.5 Å². The minimum absolute atomic E-state index is 0.0642. The Morgan fingerprint density at radius 3 is 2.15 bits per heavy atom. The van der Waals surface area contributed by atoms with Gasteiger partial charge in [-0.25, -0.2) is 0 Å². The Hall–Kier alpha value is -3.01. The first-order valence-electron chi connectivity index (χ1n) is 8.57. The number of carbonyl (C=O) groups is 1. The van der Waals surface area contributed by atoms with Crippen LogP contribution in [-0.2, 0) is 4.79 Å². The number of hydrogen-bond donors (Lipinski definition) is 1. The zero-order valence-corrected chi connectivity index (χ0v) is 15.0. The Morgan fingerprint density at radius 2 is 1.54 bits per heavy atom. The summed E-state index contributed by atoms with van der Waals surface area (Å²) in [5.41, 5.74) is 3.30.